The minimum absolute atomic E-state index is 0.165. The lowest BCUT2D eigenvalue weighted by molar-refractivity contribution is -0.144. The summed E-state index contributed by atoms with van der Waals surface area (Å²) in [5, 5.41) is 6.98. The van der Waals surface area contributed by atoms with Gasteiger partial charge in [-0.1, -0.05) is 0 Å². The molecule has 0 spiro atoms. The van der Waals surface area contributed by atoms with E-state index in [-0.39, 0.29) is 11.4 Å². The average Bonchev–Trinajstić information content (AvgIpc) is 2.83. The molecule has 0 aliphatic carbocycles. The summed E-state index contributed by atoms with van der Waals surface area (Å²) >= 11 is 0. The average molecular weight is 281 g/mol. The number of aromatic amines is 1. The molecule has 0 radical (unpaired) electrons. The minimum Gasteiger partial charge on any atom is -0.383 e. The molecule has 0 aliphatic rings. The van der Waals surface area contributed by atoms with Crippen LogP contribution < -0.4 is 5.73 Å². The third-order valence-corrected chi connectivity index (χ3v) is 2.57. The van der Waals surface area contributed by atoms with Crippen molar-refractivity contribution in [1.29, 1.82) is 0 Å². The minimum atomic E-state index is -4.59. The van der Waals surface area contributed by atoms with Gasteiger partial charge in [0, 0.05) is 18.0 Å². The highest BCUT2D eigenvalue weighted by Crippen LogP contribution is 2.29. The molecule has 0 saturated carbocycles. The first kappa shape index (κ1) is 12.3. The molecule has 0 unspecified atom stereocenters. The Morgan fingerprint density at radius 3 is 2.40 bits per heavy atom. The number of alkyl halides is 3. The van der Waals surface area contributed by atoms with Crippen LogP contribution in [0, 0.1) is 0 Å². The van der Waals surface area contributed by atoms with Gasteiger partial charge >= 0.3 is 6.18 Å². The highest BCUT2D eigenvalue weighted by Gasteiger charge is 2.34. The van der Waals surface area contributed by atoms with Gasteiger partial charge in [0.05, 0.1) is 5.39 Å². The number of nitrogens with zero attached hydrogens (tertiary/aromatic N) is 5. The molecular weight excluding hydrogens is 275 g/mol. The summed E-state index contributed by atoms with van der Waals surface area (Å²) in [6.07, 6.45) is -1.28. The van der Waals surface area contributed by atoms with Crippen LogP contribution in [0.3, 0.4) is 0 Å². The lowest BCUT2D eigenvalue weighted by Gasteiger charge is -2.04. The molecule has 102 valence electrons. The number of H-pyrrole nitrogens is 1. The van der Waals surface area contributed by atoms with Gasteiger partial charge in [0.1, 0.15) is 17.8 Å². The number of hydrogen-bond donors (Lipinski definition) is 2. The first-order valence-corrected chi connectivity index (χ1v) is 5.31. The van der Waals surface area contributed by atoms with Gasteiger partial charge in [0.15, 0.2) is 5.65 Å². The van der Waals surface area contributed by atoms with E-state index in [1.165, 1.54) is 6.33 Å². The van der Waals surface area contributed by atoms with Crippen molar-refractivity contribution >= 4 is 16.9 Å². The number of anilines is 1. The number of halogens is 3. The van der Waals surface area contributed by atoms with Gasteiger partial charge in [-0.25, -0.2) is 19.9 Å². The zero-order valence-corrected chi connectivity index (χ0v) is 9.68. The van der Waals surface area contributed by atoms with Crippen molar-refractivity contribution in [2.75, 3.05) is 5.73 Å². The number of nitrogens with two attached hydrogens (primary N) is 1. The molecule has 0 bridgehead atoms. The Kier molecular flexibility index (Phi) is 2.52. The zero-order chi connectivity index (χ0) is 14.3. The summed E-state index contributed by atoms with van der Waals surface area (Å²) in [4.78, 5) is 14.3. The topological polar surface area (TPSA) is 106 Å². The Bertz CT molecular complexity index is 763. The molecule has 0 saturated heterocycles. The van der Waals surface area contributed by atoms with Crippen molar-refractivity contribution in [3.63, 3.8) is 0 Å². The summed E-state index contributed by atoms with van der Waals surface area (Å²) in [6.45, 7) is 0. The highest BCUT2D eigenvalue weighted by molar-refractivity contribution is 5.97. The zero-order valence-electron chi connectivity index (χ0n) is 9.68. The van der Waals surface area contributed by atoms with E-state index in [9.17, 15) is 13.2 Å². The van der Waals surface area contributed by atoms with E-state index in [1.807, 2.05) is 0 Å². The quantitative estimate of drug-likeness (QED) is 0.698. The van der Waals surface area contributed by atoms with E-state index in [2.05, 4.69) is 30.1 Å². The maximum atomic E-state index is 12.4. The molecule has 0 aliphatic heterocycles. The van der Waals surface area contributed by atoms with Gasteiger partial charge in [-0.2, -0.15) is 18.3 Å². The Morgan fingerprint density at radius 2 is 1.75 bits per heavy atom. The van der Waals surface area contributed by atoms with E-state index in [1.54, 1.807) is 0 Å². The molecule has 0 amide bonds. The second kappa shape index (κ2) is 4.11. The fraction of sp³-hybridized carbons (Fsp3) is 0.100. The predicted molar refractivity (Wildman–Crippen MR) is 62.1 cm³/mol. The normalized spacial score (nSPS) is 11.9. The van der Waals surface area contributed by atoms with Gasteiger partial charge < -0.3 is 5.73 Å². The van der Waals surface area contributed by atoms with Gasteiger partial charge in [-0.15, -0.1) is 0 Å². The molecule has 0 atom stereocenters. The second-order valence-electron chi connectivity index (χ2n) is 3.85. The van der Waals surface area contributed by atoms with Crippen molar-refractivity contribution in [1.82, 2.24) is 30.1 Å². The molecular formula is C10H6F3N7. The van der Waals surface area contributed by atoms with Crippen LogP contribution in [0.5, 0.6) is 0 Å². The predicted octanol–water partition coefficient (Wildman–Crippen LogP) is 1.41. The Balaban J connectivity index is 2.12. The van der Waals surface area contributed by atoms with E-state index in [0.29, 0.717) is 16.7 Å². The van der Waals surface area contributed by atoms with Gasteiger partial charge in [0.2, 0.25) is 5.82 Å². The highest BCUT2D eigenvalue weighted by atomic mass is 19.4. The SMILES string of the molecule is Nc1ncnc2[nH]nc(-c3cnc(C(F)(F)F)nc3)c12. The molecule has 3 aromatic heterocycles. The third-order valence-electron chi connectivity index (χ3n) is 2.57. The summed E-state index contributed by atoms with van der Waals surface area (Å²) in [6, 6.07) is 0. The number of rotatable bonds is 1. The number of nitrogen functional groups attached to an aromatic ring is 1. The lowest BCUT2D eigenvalue weighted by Crippen LogP contribution is -2.10. The summed E-state index contributed by atoms with van der Waals surface area (Å²) in [5.74, 6) is -1.05. The first-order chi connectivity index (χ1) is 9.47. The number of hydrogen-bond acceptors (Lipinski definition) is 6. The molecule has 3 aromatic rings. The standard InChI is InChI=1S/C10H6F3N7/c11-10(12,13)9-15-1-4(2-16-9)6-5-7(14)17-3-18-8(5)20-19-6/h1-3H,(H3,14,17,18,19,20). The second-order valence-corrected chi connectivity index (χ2v) is 3.85. The summed E-state index contributed by atoms with van der Waals surface area (Å²) < 4.78 is 37.2. The van der Waals surface area contributed by atoms with Crippen LogP contribution in [0.4, 0.5) is 19.0 Å². The van der Waals surface area contributed by atoms with E-state index < -0.39 is 12.0 Å². The van der Waals surface area contributed by atoms with Crippen LogP contribution in [0.2, 0.25) is 0 Å². The summed E-state index contributed by atoms with van der Waals surface area (Å²) in [5.41, 5.74) is 6.67. The maximum absolute atomic E-state index is 12.4. The Hall–Kier alpha value is -2.78. The van der Waals surface area contributed by atoms with Crippen LogP contribution in [-0.4, -0.2) is 30.1 Å². The molecule has 0 aromatic carbocycles. The smallest absolute Gasteiger partial charge is 0.383 e. The molecule has 0 fully saturated rings. The molecule has 20 heavy (non-hydrogen) atoms. The van der Waals surface area contributed by atoms with Crippen molar-refractivity contribution in [3.05, 3.63) is 24.5 Å². The molecule has 10 heteroatoms. The van der Waals surface area contributed by atoms with E-state index >= 15 is 0 Å². The van der Waals surface area contributed by atoms with Crippen LogP contribution in [0.25, 0.3) is 22.3 Å². The fourth-order valence-electron chi connectivity index (χ4n) is 1.69. The van der Waals surface area contributed by atoms with Crippen molar-refractivity contribution in [2.45, 2.75) is 6.18 Å². The van der Waals surface area contributed by atoms with Gasteiger partial charge in [0.25, 0.3) is 0 Å². The van der Waals surface area contributed by atoms with Crippen LogP contribution in [0.15, 0.2) is 18.7 Å². The molecule has 3 N–H and O–H groups in total. The number of aromatic nitrogens is 6. The largest absolute Gasteiger partial charge is 0.451 e. The maximum Gasteiger partial charge on any atom is 0.451 e. The Morgan fingerprint density at radius 1 is 1.05 bits per heavy atom. The first-order valence-electron chi connectivity index (χ1n) is 5.31. The number of fused-ring (bicyclic) bond motifs is 1. The van der Waals surface area contributed by atoms with Crippen LogP contribution >= 0.6 is 0 Å². The Labute approximate surface area is 109 Å². The lowest BCUT2D eigenvalue weighted by atomic mass is 10.2. The molecule has 3 heterocycles. The molecule has 7 nitrogen and oxygen atoms in total. The fourth-order valence-corrected chi connectivity index (χ4v) is 1.69. The number of nitrogens with one attached hydrogen (secondary N) is 1. The van der Waals surface area contributed by atoms with Crippen molar-refractivity contribution in [2.24, 2.45) is 0 Å². The van der Waals surface area contributed by atoms with Crippen LogP contribution in [0.1, 0.15) is 5.82 Å². The van der Waals surface area contributed by atoms with E-state index in [4.69, 9.17) is 5.73 Å². The van der Waals surface area contributed by atoms with Crippen molar-refractivity contribution in [3.8, 4) is 11.3 Å². The van der Waals surface area contributed by atoms with Gasteiger partial charge in [-0.3, -0.25) is 5.10 Å². The third kappa shape index (κ3) is 1.90. The summed E-state index contributed by atoms with van der Waals surface area (Å²) in [7, 11) is 0. The van der Waals surface area contributed by atoms with Crippen LogP contribution in [-0.2, 0) is 6.18 Å². The molecule has 3 rings (SSSR count). The monoisotopic (exact) mass is 281 g/mol. The van der Waals surface area contributed by atoms with E-state index in [0.717, 1.165) is 12.4 Å². The van der Waals surface area contributed by atoms with Gasteiger partial charge in [-0.05, 0) is 0 Å². The van der Waals surface area contributed by atoms with Crippen molar-refractivity contribution < 1.29 is 13.2 Å².